The summed E-state index contributed by atoms with van der Waals surface area (Å²) in [6, 6.07) is 0.843. The van der Waals surface area contributed by atoms with Gasteiger partial charge in [-0.3, -0.25) is 14.9 Å². The molecule has 1 atom stereocenters. The van der Waals surface area contributed by atoms with Gasteiger partial charge in [0.15, 0.2) is 5.69 Å². The Hall–Kier alpha value is -2.03. The second-order valence-electron chi connectivity index (χ2n) is 5.50. The molecule has 0 radical (unpaired) electrons. The fourth-order valence-corrected chi connectivity index (χ4v) is 2.41. The van der Waals surface area contributed by atoms with E-state index in [1.165, 1.54) is 4.90 Å². The van der Waals surface area contributed by atoms with Gasteiger partial charge in [-0.15, -0.1) is 0 Å². The molecular weight excluding hydrogens is 311 g/mol. The van der Waals surface area contributed by atoms with E-state index in [-0.39, 0.29) is 6.54 Å². The van der Waals surface area contributed by atoms with Gasteiger partial charge in [-0.25, -0.2) is 0 Å². The smallest absolute Gasteiger partial charge is 0.331 e. The molecule has 1 aromatic rings. The van der Waals surface area contributed by atoms with Crippen LogP contribution in [0.15, 0.2) is 24.0 Å². The number of carbonyl (C=O) groups excluding carboxylic acids is 1. The lowest BCUT2D eigenvalue weighted by Gasteiger charge is -2.23. The van der Waals surface area contributed by atoms with Crippen LogP contribution >= 0.6 is 0 Å². The molecule has 3 N–H and O–H groups in total. The highest BCUT2D eigenvalue weighted by molar-refractivity contribution is 5.75. The Kier molecular flexibility index (Phi) is 5.64. The molecule has 1 aromatic heterocycles. The van der Waals surface area contributed by atoms with Crippen LogP contribution in [0.2, 0.25) is 0 Å². The first-order valence-electron chi connectivity index (χ1n) is 7.56. The van der Waals surface area contributed by atoms with Gasteiger partial charge in [0.2, 0.25) is 0 Å². The molecule has 0 saturated heterocycles. The number of hydrazine groups is 1. The van der Waals surface area contributed by atoms with Crippen LogP contribution in [0, 0.1) is 0 Å². The van der Waals surface area contributed by atoms with Gasteiger partial charge in [-0.1, -0.05) is 6.92 Å². The predicted octanol–water partition coefficient (Wildman–Crippen LogP) is 0.105. The minimum atomic E-state index is -4.50. The molecule has 1 unspecified atom stereocenters. The van der Waals surface area contributed by atoms with Gasteiger partial charge in [0.05, 0.1) is 19.6 Å². The molecule has 128 valence electrons. The fourth-order valence-electron chi connectivity index (χ4n) is 2.41. The van der Waals surface area contributed by atoms with Crippen LogP contribution in [-0.2, 0) is 17.5 Å². The summed E-state index contributed by atoms with van der Waals surface area (Å²) in [5.41, 5.74) is 5.23. The average molecular weight is 332 g/mol. The largest absolute Gasteiger partial charge is 0.435 e. The van der Waals surface area contributed by atoms with Gasteiger partial charge in [-0.05, 0) is 18.6 Å². The number of nitrogens with zero attached hydrogens (tertiary/aromatic N) is 2. The number of amides is 1. The standard InChI is InChI=1S/C14H20F3N5O/c1-2-6-21-7-3-11(4-8-21)18-19-13(23)10-22-9-5-12(20-22)14(15,16)17/h3,5,9,18H,2,4,6-8,10H2,1H3,(H,19,23)/p+1. The second kappa shape index (κ2) is 7.49. The van der Waals surface area contributed by atoms with E-state index in [0.717, 1.165) is 55.1 Å². The van der Waals surface area contributed by atoms with Crippen LogP contribution in [-0.4, -0.2) is 35.3 Å². The van der Waals surface area contributed by atoms with E-state index in [4.69, 9.17) is 0 Å². The highest BCUT2D eigenvalue weighted by Crippen LogP contribution is 2.27. The summed E-state index contributed by atoms with van der Waals surface area (Å²) in [4.78, 5) is 13.2. The Morgan fingerprint density at radius 2 is 2.26 bits per heavy atom. The lowest BCUT2D eigenvalue weighted by Crippen LogP contribution is -3.12. The topological polar surface area (TPSA) is 63.4 Å². The van der Waals surface area contributed by atoms with Gasteiger partial charge < -0.3 is 10.3 Å². The monoisotopic (exact) mass is 332 g/mol. The molecule has 9 heteroatoms. The van der Waals surface area contributed by atoms with Crippen LogP contribution in [0.25, 0.3) is 0 Å². The van der Waals surface area contributed by atoms with E-state index in [1.807, 2.05) is 6.08 Å². The quantitative estimate of drug-likeness (QED) is 0.648. The van der Waals surface area contributed by atoms with Crippen LogP contribution in [0.3, 0.4) is 0 Å². The SMILES string of the molecule is CCC[NH+]1CC=C(NNC(=O)Cn2ccc(C(F)(F)F)n2)CC1. The van der Waals surface area contributed by atoms with Crippen molar-refractivity contribution in [3.63, 3.8) is 0 Å². The molecular formula is C14H21F3N5O+. The van der Waals surface area contributed by atoms with E-state index >= 15 is 0 Å². The lowest BCUT2D eigenvalue weighted by molar-refractivity contribution is -0.895. The predicted molar refractivity (Wildman–Crippen MR) is 77.1 cm³/mol. The number of rotatable bonds is 6. The molecule has 23 heavy (non-hydrogen) atoms. The summed E-state index contributed by atoms with van der Waals surface area (Å²) in [7, 11) is 0. The maximum atomic E-state index is 12.4. The summed E-state index contributed by atoms with van der Waals surface area (Å²) < 4.78 is 38.2. The number of hydrogen-bond acceptors (Lipinski definition) is 3. The molecule has 1 amide bonds. The number of hydrogen-bond donors (Lipinski definition) is 3. The Labute approximate surface area is 132 Å². The van der Waals surface area contributed by atoms with E-state index in [1.54, 1.807) is 0 Å². The first-order valence-corrected chi connectivity index (χ1v) is 7.56. The number of carbonyl (C=O) groups is 1. The summed E-state index contributed by atoms with van der Waals surface area (Å²) in [5, 5.41) is 3.33. The van der Waals surface area contributed by atoms with Crippen LogP contribution in [0.1, 0.15) is 25.5 Å². The van der Waals surface area contributed by atoms with Gasteiger partial charge in [-0.2, -0.15) is 18.3 Å². The van der Waals surface area contributed by atoms with Crippen molar-refractivity contribution >= 4 is 5.91 Å². The second-order valence-corrected chi connectivity index (χ2v) is 5.50. The zero-order chi connectivity index (χ0) is 16.9. The molecule has 1 aliphatic heterocycles. The summed E-state index contributed by atoms with van der Waals surface area (Å²) in [5.74, 6) is -0.453. The number of alkyl halides is 3. The van der Waals surface area contributed by atoms with Crippen molar-refractivity contribution in [1.82, 2.24) is 20.6 Å². The Balaban J connectivity index is 1.76. The third-order valence-electron chi connectivity index (χ3n) is 3.59. The minimum Gasteiger partial charge on any atom is -0.331 e. The van der Waals surface area contributed by atoms with Crippen molar-refractivity contribution in [3.05, 3.63) is 29.7 Å². The average Bonchev–Trinajstić information content (AvgIpc) is 2.95. The zero-order valence-electron chi connectivity index (χ0n) is 12.9. The van der Waals surface area contributed by atoms with E-state index in [9.17, 15) is 18.0 Å². The maximum Gasteiger partial charge on any atom is 0.435 e. The van der Waals surface area contributed by atoms with Gasteiger partial charge in [0.1, 0.15) is 6.54 Å². The number of aromatic nitrogens is 2. The molecule has 1 aliphatic rings. The third-order valence-corrected chi connectivity index (χ3v) is 3.59. The van der Waals surface area contributed by atoms with Crippen LogP contribution < -0.4 is 15.8 Å². The Morgan fingerprint density at radius 1 is 1.48 bits per heavy atom. The van der Waals surface area contributed by atoms with Crippen LogP contribution in [0.4, 0.5) is 13.2 Å². The Bertz CT molecular complexity index is 567. The summed E-state index contributed by atoms with van der Waals surface area (Å²) >= 11 is 0. The number of nitrogens with one attached hydrogen (secondary N) is 3. The molecule has 2 heterocycles. The van der Waals surface area contributed by atoms with Crippen molar-refractivity contribution in [3.8, 4) is 0 Å². The molecule has 0 aliphatic carbocycles. The van der Waals surface area contributed by atoms with E-state index in [2.05, 4.69) is 22.9 Å². The maximum absolute atomic E-state index is 12.4. The molecule has 0 bridgehead atoms. The highest BCUT2D eigenvalue weighted by atomic mass is 19.4. The van der Waals surface area contributed by atoms with E-state index < -0.39 is 17.8 Å². The van der Waals surface area contributed by atoms with Crippen molar-refractivity contribution in [1.29, 1.82) is 0 Å². The minimum absolute atomic E-state index is 0.274. The molecule has 6 nitrogen and oxygen atoms in total. The van der Waals surface area contributed by atoms with Crippen molar-refractivity contribution < 1.29 is 22.9 Å². The normalized spacial score (nSPS) is 18.4. The molecule has 0 aromatic carbocycles. The van der Waals surface area contributed by atoms with Gasteiger partial charge in [0, 0.05) is 18.3 Å². The first kappa shape index (κ1) is 17.3. The molecule has 0 saturated carbocycles. The number of halogens is 3. The first-order chi connectivity index (χ1) is 10.9. The van der Waals surface area contributed by atoms with Crippen molar-refractivity contribution in [2.75, 3.05) is 19.6 Å². The molecule has 0 spiro atoms. The van der Waals surface area contributed by atoms with Crippen molar-refractivity contribution in [2.24, 2.45) is 0 Å². The van der Waals surface area contributed by atoms with Crippen molar-refractivity contribution in [2.45, 2.75) is 32.5 Å². The molecule has 2 rings (SSSR count). The van der Waals surface area contributed by atoms with Gasteiger partial charge >= 0.3 is 6.18 Å². The van der Waals surface area contributed by atoms with Crippen LogP contribution in [0.5, 0.6) is 0 Å². The fraction of sp³-hybridized carbons (Fsp3) is 0.571. The van der Waals surface area contributed by atoms with Gasteiger partial charge in [0.25, 0.3) is 5.91 Å². The Morgan fingerprint density at radius 3 is 2.83 bits per heavy atom. The highest BCUT2D eigenvalue weighted by Gasteiger charge is 2.33. The number of quaternary nitrogens is 1. The summed E-state index contributed by atoms with van der Waals surface area (Å²) in [6.45, 7) is 4.89. The zero-order valence-corrected chi connectivity index (χ0v) is 12.9. The lowest BCUT2D eigenvalue weighted by atomic mass is 10.2. The summed E-state index contributed by atoms with van der Waals surface area (Å²) in [6.07, 6.45) is 0.625. The third kappa shape index (κ3) is 5.27. The van der Waals surface area contributed by atoms with E-state index in [0.29, 0.717) is 0 Å². The molecule has 0 fully saturated rings.